The predicted octanol–water partition coefficient (Wildman–Crippen LogP) is 4.01. The largest absolute Gasteiger partial charge is 0.399 e. The third kappa shape index (κ3) is 2.47. The minimum atomic E-state index is 0.486. The fourth-order valence-corrected chi connectivity index (χ4v) is 3.65. The van der Waals surface area contributed by atoms with Crippen molar-refractivity contribution in [3.8, 4) is 22.3 Å². The molecule has 0 saturated carbocycles. The second-order valence-electron chi connectivity index (χ2n) is 5.31. The fourth-order valence-electron chi connectivity index (χ4n) is 2.71. The molecule has 0 radical (unpaired) electrons. The summed E-state index contributed by atoms with van der Waals surface area (Å²) in [7, 11) is 0. The molecule has 22 heavy (non-hydrogen) atoms. The van der Waals surface area contributed by atoms with Crippen molar-refractivity contribution in [2.75, 3.05) is 11.5 Å². The van der Waals surface area contributed by atoms with Crippen molar-refractivity contribution < 1.29 is 0 Å². The van der Waals surface area contributed by atoms with Gasteiger partial charge in [0.15, 0.2) is 0 Å². The monoisotopic (exact) mass is 309 g/mol. The lowest BCUT2D eigenvalue weighted by Gasteiger charge is -2.12. The normalized spacial score (nSPS) is 10.8. The molecule has 0 spiro atoms. The lowest BCUT2D eigenvalue weighted by molar-refractivity contribution is 1.11. The van der Waals surface area contributed by atoms with Gasteiger partial charge in [0.1, 0.15) is 0 Å². The molecule has 4 heteroatoms. The molecule has 3 rings (SSSR count). The van der Waals surface area contributed by atoms with Crippen LogP contribution in [-0.2, 0) is 6.54 Å². The van der Waals surface area contributed by atoms with Crippen LogP contribution < -0.4 is 17.2 Å². The molecule has 0 bridgehead atoms. The van der Waals surface area contributed by atoms with Crippen molar-refractivity contribution >= 4 is 22.7 Å². The van der Waals surface area contributed by atoms with Crippen molar-refractivity contribution in [3.05, 3.63) is 58.3 Å². The second-order valence-corrected chi connectivity index (χ2v) is 6.28. The average molecular weight is 309 g/mol. The number of benzene rings is 2. The zero-order valence-corrected chi connectivity index (χ0v) is 13.3. The van der Waals surface area contributed by atoms with Crippen LogP contribution in [0.2, 0.25) is 0 Å². The maximum atomic E-state index is 6.20. The van der Waals surface area contributed by atoms with E-state index in [1.165, 1.54) is 16.7 Å². The number of anilines is 2. The van der Waals surface area contributed by atoms with E-state index in [0.29, 0.717) is 12.2 Å². The first kappa shape index (κ1) is 14.6. The van der Waals surface area contributed by atoms with E-state index in [0.717, 1.165) is 21.7 Å². The highest BCUT2D eigenvalue weighted by molar-refractivity contribution is 7.11. The number of hydrogen-bond donors (Lipinski definition) is 3. The van der Waals surface area contributed by atoms with Crippen LogP contribution in [0.25, 0.3) is 22.3 Å². The summed E-state index contributed by atoms with van der Waals surface area (Å²) in [4.78, 5) is 1.12. The summed E-state index contributed by atoms with van der Waals surface area (Å²) in [5.74, 6) is 0. The number of hydrogen-bond acceptors (Lipinski definition) is 4. The number of nitrogen functional groups attached to an aromatic ring is 2. The molecule has 0 fully saturated rings. The summed E-state index contributed by atoms with van der Waals surface area (Å²) in [5, 5.41) is 2.16. The van der Waals surface area contributed by atoms with Crippen LogP contribution in [0.1, 0.15) is 10.4 Å². The van der Waals surface area contributed by atoms with Gasteiger partial charge in [0.25, 0.3) is 0 Å². The molecule has 3 nitrogen and oxygen atoms in total. The molecule has 6 N–H and O–H groups in total. The first-order valence-corrected chi connectivity index (χ1v) is 8.01. The predicted molar refractivity (Wildman–Crippen MR) is 96.6 cm³/mol. The van der Waals surface area contributed by atoms with Gasteiger partial charge in [0, 0.05) is 39.5 Å². The summed E-state index contributed by atoms with van der Waals surface area (Å²) in [6.07, 6.45) is 0. The topological polar surface area (TPSA) is 78.1 Å². The van der Waals surface area contributed by atoms with Gasteiger partial charge in [0.05, 0.1) is 0 Å². The van der Waals surface area contributed by atoms with Gasteiger partial charge < -0.3 is 17.2 Å². The smallest absolute Gasteiger partial charge is 0.0395 e. The Morgan fingerprint density at radius 3 is 2.45 bits per heavy atom. The van der Waals surface area contributed by atoms with Gasteiger partial charge in [-0.05, 0) is 41.6 Å². The molecule has 0 aliphatic carbocycles. The van der Waals surface area contributed by atoms with Crippen molar-refractivity contribution in [1.29, 1.82) is 0 Å². The first-order valence-electron chi connectivity index (χ1n) is 7.13. The van der Waals surface area contributed by atoms with Gasteiger partial charge in [-0.1, -0.05) is 24.3 Å². The van der Waals surface area contributed by atoms with Crippen molar-refractivity contribution in [2.24, 2.45) is 5.73 Å². The first-order chi connectivity index (χ1) is 10.6. The standard InChI is InChI=1S/C18H19N3S/c1-11-4-2-3-5-13(11)15-10-22-17(9-19)18(15)14-8-12(20)6-7-16(14)21/h2-8,10H,9,19-21H2,1H3. The van der Waals surface area contributed by atoms with E-state index in [1.807, 2.05) is 24.3 Å². The van der Waals surface area contributed by atoms with E-state index in [4.69, 9.17) is 17.2 Å². The fraction of sp³-hybridized carbons (Fsp3) is 0.111. The third-order valence-corrected chi connectivity index (χ3v) is 4.84. The third-order valence-electron chi connectivity index (χ3n) is 3.83. The molecule has 0 saturated heterocycles. The van der Waals surface area contributed by atoms with Gasteiger partial charge in [-0.25, -0.2) is 0 Å². The molecule has 1 aromatic heterocycles. The van der Waals surface area contributed by atoms with E-state index >= 15 is 0 Å². The highest BCUT2D eigenvalue weighted by atomic mass is 32.1. The molecule has 0 atom stereocenters. The van der Waals surface area contributed by atoms with Crippen molar-refractivity contribution in [1.82, 2.24) is 0 Å². The minimum Gasteiger partial charge on any atom is -0.399 e. The van der Waals surface area contributed by atoms with Gasteiger partial charge >= 0.3 is 0 Å². The molecule has 112 valence electrons. The van der Waals surface area contributed by atoms with Crippen LogP contribution in [0.15, 0.2) is 47.8 Å². The zero-order valence-electron chi connectivity index (χ0n) is 12.5. The number of thiophene rings is 1. The number of rotatable bonds is 3. The van der Waals surface area contributed by atoms with Gasteiger partial charge in [-0.15, -0.1) is 11.3 Å². The molecule has 0 aliphatic rings. The minimum absolute atomic E-state index is 0.486. The van der Waals surface area contributed by atoms with Crippen LogP contribution in [0, 0.1) is 6.92 Å². The summed E-state index contributed by atoms with van der Waals surface area (Å²) >= 11 is 1.67. The van der Waals surface area contributed by atoms with Crippen molar-refractivity contribution in [2.45, 2.75) is 13.5 Å². The number of aryl methyl sites for hydroxylation is 1. The van der Waals surface area contributed by atoms with E-state index < -0.39 is 0 Å². The highest BCUT2D eigenvalue weighted by Crippen LogP contribution is 2.42. The second kappa shape index (κ2) is 5.83. The Balaban J connectivity index is 2.29. The van der Waals surface area contributed by atoms with E-state index in [1.54, 1.807) is 11.3 Å². The summed E-state index contributed by atoms with van der Waals surface area (Å²) in [6, 6.07) is 13.9. The van der Waals surface area contributed by atoms with Crippen molar-refractivity contribution in [3.63, 3.8) is 0 Å². The van der Waals surface area contributed by atoms with E-state index in [-0.39, 0.29) is 0 Å². The molecule has 2 aromatic carbocycles. The molecule has 1 heterocycles. The maximum absolute atomic E-state index is 6.20. The highest BCUT2D eigenvalue weighted by Gasteiger charge is 2.17. The SMILES string of the molecule is Cc1ccccc1-c1csc(CN)c1-c1cc(N)ccc1N. The molecular weight excluding hydrogens is 290 g/mol. The van der Waals surface area contributed by atoms with E-state index in [9.17, 15) is 0 Å². The Kier molecular flexibility index (Phi) is 3.88. The van der Waals surface area contributed by atoms with Crippen LogP contribution >= 0.6 is 11.3 Å². The summed E-state index contributed by atoms with van der Waals surface area (Å²) in [6.45, 7) is 2.60. The van der Waals surface area contributed by atoms with Gasteiger partial charge in [0.2, 0.25) is 0 Å². The Morgan fingerprint density at radius 1 is 0.955 bits per heavy atom. The Morgan fingerprint density at radius 2 is 1.73 bits per heavy atom. The summed E-state index contributed by atoms with van der Waals surface area (Å²) in [5.41, 5.74) is 25.2. The molecule has 0 amide bonds. The van der Waals surface area contributed by atoms with Crippen LogP contribution in [0.4, 0.5) is 11.4 Å². The summed E-state index contributed by atoms with van der Waals surface area (Å²) < 4.78 is 0. The zero-order chi connectivity index (χ0) is 15.7. The van der Waals surface area contributed by atoms with Crippen LogP contribution in [0.3, 0.4) is 0 Å². The molecule has 3 aromatic rings. The Bertz CT molecular complexity index is 821. The number of nitrogens with two attached hydrogens (primary N) is 3. The Labute approximate surface area is 134 Å². The van der Waals surface area contributed by atoms with Gasteiger partial charge in [-0.2, -0.15) is 0 Å². The molecule has 0 aliphatic heterocycles. The van der Waals surface area contributed by atoms with Gasteiger partial charge in [-0.3, -0.25) is 0 Å². The maximum Gasteiger partial charge on any atom is 0.0395 e. The lowest BCUT2D eigenvalue weighted by Crippen LogP contribution is -1.99. The average Bonchev–Trinajstić information content (AvgIpc) is 2.93. The molecule has 0 unspecified atom stereocenters. The quantitative estimate of drug-likeness (QED) is 0.640. The molecular formula is C18H19N3S. The van der Waals surface area contributed by atoms with Crippen LogP contribution in [-0.4, -0.2) is 0 Å². The lowest BCUT2D eigenvalue weighted by atomic mass is 9.93. The van der Waals surface area contributed by atoms with E-state index in [2.05, 4.69) is 30.5 Å². The van der Waals surface area contributed by atoms with Crippen LogP contribution in [0.5, 0.6) is 0 Å². The Hall–Kier alpha value is -2.30.